The van der Waals surface area contributed by atoms with Crippen molar-refractivity contribution in [3.8, 4) is 0 Å². The van der Waals surface area contributed by atoms with Gasteiger partial charge in [0.25, 0.3) is 5.56 Å². The highest BCUT2D eigenvalue weighted by Gasteiger charge is 2.11. The van der Waals surface area contributed by atoms with Crippen molar-refractivity contribution in [2.45, 2.75) is 39.8 Å². The van der Waals surface area contributed by atoms with Crippen molar-refractivity contribution in [2.75, 3.05) is 0 Å². The number of hydrogen-bond donors (Lipinski definition) is 1. The average Bonchev–Trinajstić information content (AvgIpc) is 2.37. The van der Waals surface area contributed by atoms with Crippen LogP contribution in [0.3, 0.4) is 0 Å². The minimum Gasteiger partial charge on any atom is -0.310 e. The number of aryl methyl sites for hydroxylation is 1. The summed E-state index contributed by atoms with van der Waals surface area (Å²) in [5.41, 5.74) is 0.107. The normalized spacial score (nSPS) is 14.5. The highest BCUT2D eigenvalue weighted by molar-refractivity contribution is 5.05. The number of aromatic nitrogens is 2. The highest BCUT2D eigenvalue weighted by atomic mass is 16.2. The van der Waals surface area contributed by atoms with E-state index in [4.69, 9.17) is 0 Å². The van der Waals surface area contributed by atoms with Crippen molar-refractivity contribution in [1.82, 2.24) is 14.5 Å². The summed E-state index contributed by atoms with van der Waals surface area (Å²) < 4.78 is 2.58. The summed E-state index contributed by atoms with van der Waals surface area (Å²) in [7, 11) is 3.16. The topological polar surface area (TPSA) is 56.0 Å². The Hall–Kier alpha value is -1.36. The smallest absolute Gasteiger partial charge is 0.310 e. The zero-order valence-corrected chi connectivity index (χ0v) is 11.9. The molecule has 5 nitrogen and oxygen atoms in total. The monoisotopic (exact) mass is 253 g/mol. The molecule has 102 valence electrons. The van der Waals surface area contributed by atoms with Crippen molar-refractivity contribution in [3.63, 3.8) is 0 Å². The Morgan fingerprint density at radius 3 is 2.44 bits per heavy atom. The molecule has 2 unspecified atom stereocenters. The summed E-state index contributed by atoms with van der Waals surface area (Å²) in [5, 5.41) is 3.34. The molecule has 0 radical (unpaired) electrons. The van der Waals surface area contributed by atoms with Gasteiger partial charge < -0.3 is 9.88 Å². The fourth-order valence-corrected chi connectivity index (χ4v) is 1.83. The maximum absolute atomic E-state index is 11.9. The first-order valence-corrected chi connectivity index (χ1v) is 6.37. The highest BCUT2D eigenvalue weighted by Crippen LogP contribution is 2.06. The zero-order chi connectivity index (χ0) is 13.9. The quantitative estimate of drug-likeness (QED) is 0.836. The van der Waals surface area contributed by atoms with Crippen molar-refractivity contribution >= 4 is 0 Å². The van der Waals surface area contributed by atoms with E-state index >= 15 is 0 Å². The average molecular weight is 253 g/mol. The van der Waals surface area contributed by atoms with Crippen molar-refractivity contribution < 1.29 is 0 Å². The summed E-state index contributed by atoms with van der Waals surface area (Å²) in [6.45, 7) is 6.93. The van der Waals surface area contributed by atoms with Gasteiger partial charge in [0.05, 0.1) is 0 Å². The van der Waals surface area contributed by atoms with Gasteiger partial charge in [-0.3, -0.25) is 9.36 Å². The number of hydrogen-bond acceptors (Lipinski definition) is 3. The van der Waals surface area contributed by atoms with Gasteiger partial charge in [-0.2, -0.15) is 0 Å². The lowest BCUT2D eigenvalue weighted by molar-refractivity contribution is 0.387. The molecule has 0 aliphatic rings. The van der Waals surface area contributed by atoms with Gasteiger partial charge >= 0.3 is 5.69 Å². The van der Waals surface area contributed by atoms with E-state index in [9.17, 15) is 9.59 Å². The largest absolute Gasteiger partial charge is 0.330 e. The van der Waals surface area contributed by atoms with E-state index in [-0.39, 0.29) is 11.2 Å². The molecular formula is C13H23N3O2. The first kappa shape index (κ1) is 14.7. The predicted octanol–water partition coefficient (Wildman–Crippen LogP) is 0.608. The molecular weight excluding hydrogens is 230 g/mol. The maximum atomic E-state index is 11.9. The molecule has 0 aliphatic heterocycles. The van der Waals surface area contributed by atoms with Crippen LogP contribution in [0, 0.1) is 5.92 Å². The molecule has 0 spiro atoms. The maximum Gasteiger partial charge on any atom is 0.330 e. The van der Waals surface area contributed by atoms with E-state index in [0.29, 0.717) is 24.1 Å². The van der Waals surface area contributed by atoms with E-state index in [1.54, 1.807) is 13.2 Å². The lowest BCUT2D eigenvalue weighted by Crippen LogP contribution is -2.41. The molecule has 1 heterocycles. The van der Waals surface area contributed by atoms with Gasteiger partial charge in [0, 0.05) is 38.4 Å². The first-order valence-electron chi connectivity index (χ1n) is 6.37. The van der Waals surface area contributed by atoms with Gasteiger partial charge in [-0.15, -0.1) is 0 Å². The van der Waals surface area contributed by atoms with Crippen LogP contribution in [0.2, 0.25) is 0 Å². The van der Waals surface area contributed by atoms with Crippen LogP contribution in [0.4, 0.5) is 0 Å². The van der Waals surface area contributed by atoms with Crippen LogP contribution < -0.4 is 16.6 Å². The fraction of sp³-hybridized carbons (Fsp3) is 0.692. The fourth-order valence-electron chi connectivity index (χ4n) is 1.83. The molecule has 0 bridgehead atoms. The third-order valence-corrected chi connectivity index (χ3v) is 3.63. The summed E-state index contributed by atoms with van der Waals surface area (Å²) >= 11 is 0. The van der Waals surface area contributed by atoms with Gasteiger partial charge in [-0.1, -0.05) is 20.3 Å². The molecule has 0 aliphatic carbocycles. The van der Waals surface area contributed by atoms with Gasteiger partial charge in [-0.25, -0.2) is 4.79 Å². The summed E-state index contributed by atoms with van der Waals surface area (Å²) in [6, 6.07) is 0.344. The first-order chi connectivity index (χ1) is 8.38. The Kier molecular flexibility index (Phi) is 4.90. The van der Waals surface area contributed by atoms with Gasteiger partial charge in [0.15, 0.2) is 0 Å². The molecule has 0 saturated carbocycles. The molecule has 0 saturated heterocycles. The molecule has 1 rings (SSSR count). The summed E-state index contributed by atoms with van der Waals surface area (Å²) in [5.74, 6) is 0.557. The van der Waals surface area contributed by atoms with E-state index < -0.39 is 0 Å². The molecule has 0 amide bonds. The van der Waals surface area contributed by atoms with E-state index in [1.165, 1.54) is 11.6 Å². The number of rotatable bonds is 5. The van der Waals surface area contributed by atoms with Crippen molar-refractivity contribution in [2.24, 2.45) is 20.0 Å². The minimum atomic E-state index is -0.293. The Bertz CT molecular complexity index is 516. The lowest BCUT2D eigenvalue weighted by atomic mass is 10.0. The molecule has 1 aromatic rings. The summed E-state index contributed by atoms with van der Waals surface area (Å²) in [6.07, 6.45) is 2.71. The molecule has 5 heteroatoms. The van der Waals surface area contributed by atoms with Gasteiger partial charge in [-0.05, 0) is 12.8 Å². The molecule has 0 aromatic carbocycles. The molecule has 1 aromatic heterocycles. The number of nitrogens with one attached hydrogen (secondary N) is 1. The van der Waals surface area contributed by atoms with Gasteiger partial charge in [0.2, 0.25) is 0 Å². The van der Waals surface area contributed by atoms with Crippen molar-refractivity contribution in [3.05, 3.63) is 32.6 Å². The minimum absolute atomic E-state index is 0.220. The van der Waals surface area contributed by atoms with Crippen LogP contribution in [0.5, 0.6) is 0 Å². The molecule has 2 atom stereocenters. The van der Waals surface area contributed by atoms with Crippen molar-refractivity contribution in [1.29, 1.82) is 0 Å². The Morgan fingerprint density at radius 1 is 1.28 bits per heavy atom. The zero-order valence-electron chi connectivity index (χ0n) is 11.9. The van der Waals surface area contributed by atoms with Crippen LogP contribution in [0.25, 0.3) is 0 Å². The Morgan fingerprint density at radius 2 is 1.89 bits per heavy atom. The van der Waals surface area contributed by atoms with Crippen LogP contribution in [0.15, 0.2) is 15.8 Å². The standard InChI is InChI=1S/C13H23N3O2/c1-6-9(2)10(3)14-7-11-8-15(4)13(18)16(5)12(11)17/h8-10,14H,6-7H2,1-5H3. The second-order valence-corrected chi connectivity index (χ2v) is 4.97. The van der Waals surface area contributed by atoms with Crippen LogP contribution in [-0.4, -0.2) is 15.2 Å². The van der Waals surface area contributed by atoms with Gasteiger partial charge in [0.1, 0.15) is 0 Å². The molecule has 1 N–H and O–H groups in total. The SMILES string of the molecule is CCC(C)C(C)NCc1cn(C)c(=O)n(C)c1=O. The van der Waals surface area contributed by atoms with E-state index in [1.807, 2.05) is 0 Å². The Labute approximate surface area is 107 Å². The van der Waals surface area contributed by atoms with Crippen LogP contribution in [-0.2, 0) is 20.6 Å². The third-order valence-electron chi connectivity index (χ3n) is 3.63. The Balaban J connectivity index is 2.87. The molecule has 18 heavy (non-hydrogen) atoms. The van der Waals surface area contributed by atoms with E-state index in [2.05, 4.69) is 26.1 Å². The van der Waals surface area contributed by atoms with Crippen LogP contribution in [0.1, 0.15) is 32.8 Å². The van der Waals surface area contributed by atoms with Crippen LogP contribution >= 0.6 is 0 Å². The van der Waals surface area contributed by atoms with E-state index in [0.717, 1.165) is 11.0 Å². The third kappa shape index (κ3) is 3.10. The number of nitrogens with zero attached hydrogens (tertiary/aromatic N) is 2. The lowest BCUT2D eigenvalue weighted by Gasteiger charge is -2.20. The molecule has 0 fully saturated rings. The second kappa shape index (κ2) is 6.00. The second-order valence-electron chi connectivity index (χ2n) is 4.97. The summed E-state index contributed by atoms with van der Waals surface area (Å²) in [4.78, 5) is 23.4. The predicted molar refractivity (Wildman–Crippen MR) is 72.7 cm³/mol.